The zero-order chi connectivity index (χ0) is 22.9. The first-order chi connectivity index (χ1) is 15.5. The van der Waals surface area contributed by atoms with Crippen LogP contribution in [-0.4, -0.2) is 56.0 Å². The van der Waals surface area contributed by atoms with Crippen molar-refractivity contribution in [2.45, 2.75) is 39.4 Å². The molecule has 3 rings (SSSR count). The van der Waals surface area contributed by atoms with Gasteiger partial charge in [-0.25, -0.2) is 4.99 Å². The van der Waals surface area contributed by atoms with E-state index in [1.165, 1.54) is 0 Å². The van der Waals surface area contributed by atoms with Crippen molar-refractivity contribution in [3.05, 3.63) is 59.2 Å². The number of amides is 1. The average molecular weight is 439 g/mol. The van der Waals surface area contributed by atoms with E-state index in [0.29, 0.717) is 26.1 Å². The van der Waals surface area contributed by atoms with Crippen LogP contribution >= 0.6 is 0 Å². The molecule has 0 bridgehead atoms. The van der Waals surface area contributed by atoms with E-state index < -0.39 is 0 Å². The van der Waals surface area contributed by atoms with Crippen LogP contribution in [0.25, 0.3) is 0 Å². The van der Waals surface area contributed by atoms with Crippen molar-refractivity contribution in [2.24, 2.45) is 4.99 Å². The highest BCUT2D eigenvalue weighted by Crippen LogP contribution is 2.25. The molecule has 0 atom stereocenters. The van der Waals surface area contributed by atoms with Gasteiger partial charge in [0.2, 0.25) is 5.91 Å². The topological polar surface area (TPSA) is 66.4 Å². The van der Waals surface area contributed by atoms with Gasteiger partial charge >= 0.3 is 0 Å². The number of nitrogens with zero attached hydrogens (tertiary/aromatic N) is 3. The number of likely N-dealkylation sites (tertiary alicyclic amines) is 1. The molecule has 0 saturated carbocycles. The van der Waals surface area contributed by atoms with Gasteiger partial charge in [-0.3, -0.25) is 4.79 Å². The quantitative estimate of drug-likeness (QED) is 0.480. The normalized spacial score (nSPS) is 13.9. The molecule has 7 heteroatoms. The van der Waals surface area contributed by atoms with E-state index in [9.17, 15) is 4.79 Å². The first kappa shape index (κ1) is 23.4. The minimum Gasteiger partial charge on any atom is -0.497 e. The Balaban J connectivity index is 1.74. The molecule has 172 valence electrons. The summed E-state index contributed by atoms with van der Waals surface area (Å²) in [5.41, 5.74) is 3.34. The van der Waals surface area contributed by atoms with Gasteiger partial charge in [0, 0.05) is 51.3 Å². The molecule has 0 aliphatic carbocycles. The zero-order valence-electron chi connectivity index (χ0n) is 19.6. The molecular weight excluding hydrogens is 404 g/mol. The second kappa shape index (κ2) is 11.4. The van der Waals surface area contributed by atoms with Gasteiger partial charge in [-0.05, 0) is 36.6 Å². The first-order valence-corrected chi connectivity index (χ1v) is 11.1. The summed E-state index contributed by atoms with van der Waals surface area (Å²) < 4.78 is 10.8. The van der Waals surface area contributed by atoms with E-state index in [0.717, 1.165) is 53.7 Å². The number of carbonyl (C=O) groups is 1. The third kappa shape index (κ3) is 5.93. The van der Waals surface area contributed by atoms with Crippen LogP contribution in [0.1, 0.15) is 36.5 Å². The van der Waals surface area contributed by atoms with Crippen LogP contribution < -0.4 is 14.8 Å². The number of hydrogen-bond acceptors (Lipinski definition) is 4. The Kier molecular flexibility index (Phi) is 8.36. The molecule has 0 radical (unpaired) electrons. The van der Waals surface area contributed by atoms with Crippen LogP contribution in [0.15, 0.2) is 47.5 Å². The number of methoxy groups -OCH3 is 2. The lowest BCUT2D eigenvalue weighted by Crippen LogP contribution is -2.38. The number of benzene rings is 2. The molecule has 1 saturated heterocycles. The van der Waals surface area contributed by atoms with Crippen molar-refractivity contribution in [3.8, 4) is 11.5 Å². The molecule has 0 unspecified atom stereocenters. The molecule has 0 spiro atoms. The predicted octanol–water partition coefficient (Wildman–Crippen LogP) is 3.42. The van der Waals surface area contributed by atoms with E-state index >= 15 is 0 Å². The fourth-order valence-electron chi connectivity index (χ4n) is 3.89. The largest absolute Gasteiger partial charge is 0.497 e. The van der Waals surface area contributed by atoms with Crippen molar-refractivity contribution in [1.29, 1.82) is 0 Å². The summed E-state index contributed by atoms with van der Waals surface area (Å²) in [5.74, 6) is 2.61. The molecule has 1 fully saturated rings. The maximum Gasteiger partial charge on any atom is 0.222 e. The Morgan fingerprint density at radius 2 is 1.91 bits per heavy atom. The lowest BCUT2D eigenvalue weighted by Gasteiger charge is -2.23. The van der Waals surface area contributed by atoms with Crippen molar-refractivity contribution in [1.82, 2.24) is 15.1 Å². The van der Waals surface area contributed by atoms with Crippen LogP contribution in [0.2, 0.25) is 0 Å². The third-order valence-corrected chi connectivity index (χ3v) is 5.65. The van der Waals surface area contributed by atoms with Crippen LogP contribution in [0, 0.1) is 0 Å². The van der Waals surface area contributed by atoms with Crippen LogP contribution in [0.5, 0.6) is 11.5 Å². The molecule has 0 aromatic heterocycles. The summed E-state index contributed by atoms with van der Waals surface area (Å²) in [4.78, 5) is 21.0. The molecule has 2 aromatic rings. The van der Waals surface area contributed by atoms with Crippen molar-refractivity contribution in [3.63, 3.8) is 0 Å². The number of carbonyl (C=O) groups excluding carboxylic acids is 1. The Morgan fingerprint density at radius 1 is 1.12 bits per heavy atom. The van der Waals surface area contributed by atoms with E-state index in [-0.39, 0.29) is 5.91 Å². The molecule has 1 aliphatic rings. The number of nitrogens with one attached hydrogen (secondary N) is 1. The molecule has 1 aliphatic heterocycles. The number of ether oxygens (including phenoxy) is 2. The van der Waals surface area contributed by atoms with E-state index in [1.54, 1.807) is 14.2 Å². The molecule has 1 amide bonds. The minimum atomic E-state index is 0.241. The maximum absolute atomic E-state index is 12.1. The van der Waals surface area contributed by atoms with Gasteiger partial charge in [-0.15, -0.1) is 0 Å². The summed E-state index contributed by atoms with van der Waals surface area (Å²) in [6, 6.07) is 14.1. The molecule has 7 nitrogen and oxygen atoms in total. The summed E-state index contributed by atoms with van der Waals surface area (Å²) in [7, 11) is 5.33. The molecule has 2 aromatic carbocycles. The molecular formula is C25H34N4O3. The lowest BCUT2D eigenvalue weighted by atomic mass is 10.1. The van der Waals surface area contributed by atoms with Crippen LogP contribution in [-0.2, 0) is 24.4 Å². The lowest BCUT2D eigenvalue weighted by molar-refractivity contribution is -0.128. The van der Waals surface area contributed by atoms with Crippen LogP contribution in [0.3, 0.4) is 0 Å². The highest BCUT2D eigenvalue weighted by molar-refractivity contribution is 5.80. The smallest absolute Gasteiger partial charge is 0.222 e. The number of hydrogen-bond donors (Lipinski definition) is 1. The maximum atomic E-state index is 12.1. The van der Waals surface area contributed by atoms with Gasteiger partial charge in [0.25, 0.3) is 0 Å². The van der Waals surface area contributed by atoms with Gasteiger partial charge in [0.1, 0.15) is 11.5 Å². The van der Waals surface area contributed by atoms with Crippen molar-refractivity contribution < 1.29 is 14.3 Å². The monoisotopic (exact) mass is 438 g/mol. The highest BCUT2D eigenvalue weighted by Gasteiger charge is 2.21. The Labute approximate surface area is 191 Å². The number of guanidine groups is 1. The summed E-state index contributed by atoms with van der Waals surface area (Å²) >= 11 is 0. The van der Waals surface area contributed by atoms with Gasteiger partial charge in [-0.2, -0.15) is 0 Å². The van der Waals surface area contributed by atoms with E-state index in [4.69, 9.17) is 14.5 Å². The Morgan fingerprint density at radius 3 is 2.56 bits per heavy atom. The van der Waals surface area contributed by atoms with Gasteiger partial charge in [0.05, 0.1) is 20.8 Å². The zero-order valence-corrected chi connectivity index (χ0v) is 19.6. The summed E-state index contributed by atoms with van der Waals surface area (Å²) in [5, 5.41) is 3.38. The fourth-order valence-corrected chi connectivity index (χ4v) is 3.89. The predicted molar refractivity (Wildman–Crippen MR) is 127 cm³/mol. The number of aliphatic imine (C=N–C) groups is 1. The molecule has 1 heterocycles. The summed E-state index contributed by atoms with van der Waals surface area (Å²) in [6.07, 6.45) is 1.61. The van der Waals surface area contributed by atoms with Gasteiger partial charge in [0.15, 0.2) is 5.96 Å². The van der Waals surface area contributed by atoms with Crippen molar-refractivity contribution >= 4 is 11.9 Å². The standard InChI is InChI=1S/C25H34N4O3/c1-5-26-25(28(2)17-21-12-13-22(31-3)15-23(21)32-4)27-16-19-9-6-7-10-20(19)18-29-14-8-11-24(29)30/h6-7,9-10,12-13,15H,5,8,11,14,16-18H2,1-4H3,(H,26,27). The van der Waals surface area contributed by atoms with E-state index in [2.05, 4.69) is 29.3 Å². The highest BCUT2D eigenvalue weighted by atomic mass is 16.5. The fraction of sp³-hybridized carbons (Fsp3) is 0.440. The number of rotatable bonds is 9. The Bertz CT molecular complexity index is 945. The molecule has 32 heavy (non-hydrogen) atoms. The average Bonchev–Trinajstić information content (AvgIpc) is 3.21. The summed E-state index contributed by atoms with van der Waals surface area (Å²) in [6.45, 7) is 5.51. The van der Waals surface area contributed by atoms with E-state index in [1.807, 2.05) is 42.3 Å². The Hall–Kier alpha value is -3.22. The minimum absolute atomic E-state index is 0.241. The SMILES string of the molecule is CCNC(=NCc1ccccc1CN1CCCC1=O)N(C)Cc1ccc(OC)cc1OC. The van der Waals surface area contributed by atoms with Gasteiger partial charge < -0.3 is 24.6 Å². The van der Waals surface area contributed by atoms with Crippen molar-refractivity contribution in [2.75, 3.05) is 34.4 Å². The second-order valence-corrected chi connectivity index (χ2v) is 7.89. The first-order valence-electron chi connectivity index (χ1n) is 11.1. The van der Waals surface area contributed by atoms with Gasteiger partial charge in [-0.1, -0.05) is 24.3 Å². The molecule has 1 N–H and O–H groups in total. The van der Waals surface area contributed by atoms with Crippen LogP contribution in [0.4, 0.5) is 0 Å². The second-order valence-electron chi connectivity index (χ2n) is 7.89. The third-order valence-electron chi connectivity index (χ3n) is 5.65.